The van der Waals surface area contributed by atoms with Crippen LogP contribution in [0.25, 0.3) is 0 Å². The minimum Gasteiger partial charge on any atom is -0.379 e. The molecule has 0 atom stereocenters. The van der Waals surface area contributed by atoms with Crippen molar-refractivity contribution in [3.63, 3.8) is 0 Å². The molecule has 1 aliphatic heterocycles. The minimum atomic E-state index is -0.239. The van der Waals surface area contributed by atoms with E-state index >= 15 is 0 Å². The Hall–Kier alpha value is -1.50. The molecule has 1 aliphatic rings. The molecule has 0 bridgehead atoms. The minimum absolute atomic E-state index is 0.0101. The van der Waals surface area contributed by atoms with Crippen molar-refractivity contribution in [3.8, 4) is 0 Å². The molecule has 2 rings (SSSR count). The van der Waals surface area contributed by atoms with Gasteiger partial charge in [0.25, 0.3) is 0 Å². The molecule has 2 N–H and O–H groups in total. The molecule has 0 radical (unpaired) electrons. The largest absolute Gasteiger partial charge is 0.379 e. The number of hydrogen-bond donors (Lipinski definition) is 2. The first kappa shape index (κ1) is 16.9. The molecule has 0 aromatic heterocycles. The van der Waals surface area contributed by atoms with Crippen LogP contribution in [0.1, 0.15) is 5.56 Å². The van der Waals surface area contributed by atoms with E-state index in [0.29, 0.717) is 19.5 Å². The normalized spacial score (nSPS) is 15.7. The zero-order valence-electron chi connectivity index (χ0n) is 12.8. The highest BCUT2D eigenvalue weighted by Crippen LogP contribution is 2.02. The highest BCUT2D eigenvalue weighted by molar-refractivity contribution is 5.77. The van der Waals surface area contributed by atoms with Crippen molar-refractivity contribution >= 4 is 5.91 Å². The van der Waals surface area contributed by atoms with Crippen LogP contribution in [-0.4, -0.2) is 63.3 Å². The van der Waals surface area contributed by atoms with E-state index in [4.69, 9.17) is 4.74 Å². The summed E-state index contributed by atoms with van der Waals surface area (Å²) in [5, 5.41) is 6.00. The molecule has 1 aromatic carbocycles. The molecule has 122 valence electrons. The van der Waals surface area contributed by atoms with Crippen molar-refractivity contribution in [1.29, 1.82) is 0 Å². The van der Waals surface area contributed by atoms with Crippen molar-refractivity contribution in [2.24, 2.45) is 0 Å². The van der Waals surface area contributed by atoms with E-state index in [2.05, 4.69) is 15.5 Å². The first-order chi connectivity index (χ1) is 10.7. The average molecular weight is 309 g/mol. The predicted octanol–water partition coefficient (Wildman–Crippen LogP) is 0.406. The van der Waals surface area contributed by atoms with Gasteiger partial charge >= 0.3 is 0 Å². The van der Waals surface area contributed by atoms with Crippen LogP contribution in [0.5, 0.6) is 0 Å². The van der Waals surface area contributed by atoms with Crippen LogP contribution in [0, 0.1) is 5.82 Å². The van der Waals surface area contributed by atoms with E-state index in [1.807, 2.05) is 0 Å². The molecule has 1 fully saturated rings. The van der Waals surface area contributed by atoms with Crippen LogP contribution in [-0.2, 0) is 16.0 Å². The van der Waals surface area contributed by atoms with Gasteiger partial charge in [-0.05, 0) is 24.1 Å². The third-order valence-corrected chi connectivity index (χ3v) is 3.64. The lowest BCUT2D eigenvalue weighted by atomic mass is 10.1. The van der Waals surface area contributed by atoms with Gasteiger partial charge in [0.2, 0.25) is 5.91 Å². The standard InChI is InChI=1S/C16H24FN3O2/c17-15-3-1-14(2-4-15)5-6-19-16(21)13-18-7-8-20-9-11-22-12-10-20/h1-4,18H,5-13H2,(H,19,21). The number of nitrogens with zero attached hydrogens (tertiary/aromatic N) is 1. The second kappa shape index (κ2) is 9.50. The predicted molar refractivity (Wildman–Crippen MR) is 83.2 cm³/mol. The SMILES string of the molecule is O=C(CNCCN1CCOCC1)NCCc1ccc(F)cc1. The number of nitrogens with one attached hydrogen (secondary N) is 2. The summed E-state index contributed by atoms with van der Waals surface area (Å²) in [7, 11) is 0. The molecule has 1 saturated heterocycles. The zero-order chi connectivity index (χ0) is 15.6. The van der Waals surface area contributed by atoms with Crippen LogP contribution < -0.4 is 10.6 Å². The van der Waals surface area contributed by atoms with Gasteiger partial charge in [0, 0.05) is 32.7 Å². The number of morpholine rings is 1. The summed E-state index contributed by atoms with van der Waals surface area (Å²) in [4.78, 5) is 14.0. The molecule has 0 spiro atoms. The fourth-order valence-electron chi connectivity index (χ4n) is 2.32. The van der Waals surface area contributed by atoms with Gasteiger partial charge in [0.15, 0.2) is 0 Å². The van der Waals surface area contributed by atoms with Crippen LogP contribution in [0.3, 0.4) is 0 Å². The van der Waals surface area contributed by atoms with Gasteiger partial charge in [-0.25, -0.2) is 4.39 Å². The molecule has 1 amide bonds. The third kappa shape index (κ3) is 6.51. The number of hydrogen-bond acceptors (Lipinski definition) is 4. The fraction of sp³-hybridized carbons (Fsp3) is 0.562. The van der Waals surface area contributed by atoms with Crippen LogP contribution >= 0.6 is 0 Å². The number of halogens is 1. The summed E-state index contributed by atoms with van der Waals surface area (Å²) < 4.78 is 18.0. The fourth-order valence-corrected chi connectivity index (χ4v) is 2.32. The third-order valence-electron chi connectivity index (χ3n) is 3.64. The van der Waals surface area contributed by atoms with Gasteiger partial charge in [0.1, 0.15) is 5.82 Å². The molecule has 1 heterocycles. The van der Waals surface area contributed by atoms with E-state index in [9.17, 15) is 9.18 Å². The molecule has 22 heavy (non-hydrogen) atoms. The summed E-state index contributed by atoms with van der Waals surface area (Å²) in [5.41, 5.74) is 1.02. The quantitative estimate of drug-likeness (QED) is 0.683. The first-order valence-electron chi connectivity index (χ1n) is 7.76. The van der Waals surface area contributed by atoms with E-state index in [0.717, 1.165) is 45.0 Å². The average Bonchev–Trinajstić information content (AvgIpc) is 2.54. The maximum Gasteiger partial charge on any atom is 0.233 e. The molecule has 5 nitrogen and oxygen atoms in total. The summed E-state index contributed by atoms with van der Waals surface area (Å²) in [6.45, 7) is 6.14. The van der Waals surface area contributed by atoms with Gasteiger partial charge in [-0.15, -0.1) is 0 Å². The van der Waals surface area contributed by atoms with Crippen LogP contribution in [0.15, 0.2) is 24.3 Å². The molecule has 0 saturated carbocycles. The molecule has 0 aliphatic carbocycles. The first-order valence-corrected chi connectivity index (χ1v) is 7.76. The maximum atomic E-state index is 12.8. The van der Waals surface area contributed by atoms with Crippen molar-refractivity contribution in [2.75, 3.05) is 52.5 Å². The highest BCUT2D eigenvalue weighted by atomic mass is 19.1. The Labute approximate surface area is 130 Å². The van der Waals surface area contributed by atoms with E-state index in [1.54, 1.807) is 12.1 Å². The number of carbonyl (C=O) groups excluding carboxylic acids is 1. The second-order valence-corrected chi connectivity index (χ2v) is 5.36. The summed E-state index contributed by atoms with van der Waals surface area (Å²) in [6, 6.07) is 6.35. The Morgan fingerprint density at radius 1 is 1.18 bits per heavy atom. The summed E-state index contributed by atoms with van der Waals surface area (Å²) in [6.07, 6.45) is 0.708. The Morgan fingerprint density at radius 3 is 2.64 bits per heavy atom. The van der Waals surface area contributed by atoms with Gasteiger partial charge in [0.05, 0.1) is 19.8 Å². The van der Waals surface area contributed by atoms with E-state index in [1.165, 1.54) is 12.1 Å². The van der Waals surface area contributed by atoms with Crippen molar-refractivity contribution in [2.45, 2.75) is 6.42 Å². The van der Waals surface area contributed by atoms with Crippen LogP contribution in [0.2, 0.25) is 0 Å². The van der Waals surface area contributed by atoms with E-state index in [-0.39, 0.29) is 11.7 Å². The maximum absolute atomic E-state index is 12.8. The van der Waals surface area contributed by atoms with Crippen molar-refractivity contribution < 1.29 is 13.9 Å². The Morgan fingerprint density at radius 2 is 1.91 bits per heavy atom. The number of carbonyl (C=O) groups is 1. The van der Waals surface area contributed by atoms with Gasteiger partial charge in [-0.3, -0.25) is 9.69 Å². The molecule has 6 heteroatoms. The van der Waals surface area contributed by atoms with Gasteiger partial charge < -0.3 is 15.4 Å². The Bertz CT molecular complexity index is 447. The smallest absolute Gasteiger partial charge is 0.233 e. The lowest BCUT2D eigenvalue weighted by Gasteiger charge is -2.26. The summed E-state index contributed by atoms with van der Waals surface area (Å²) in [5.74, 6) is -0.249. The zero-order valence-corrected chi connectivity index (χ0v) is 12.8. The number of amides is 1. The summed E-state index contributed by atoms with van der Waals surface area (Å²) >= 11 is 0. The van der Waals surface area contributed by atoms with Gasteiger partial charge in [-0.2, -0.15) is 0 Å². The molecular weight excluding hydrogens is 285 g/mol. The Balaban J connectivity index is 1.49. The number of ether oxygens (including phenoxy) is 1. The van der Waals surface area contributed by atoms with Crippen molar-refractivity contribution in [3.05, 3.63) is 35.6 Å². The number of benzene rings is 1. The lowest BCUT2D eigenvalue weighted by Crippen LogP contribution is -2.42. The molecular formula is C16H24FN3O2. The van der Waals surface area contributed by atoms with Gasteiger partial charge in [-0.1, -0.05) is 12.1 Å². The molecule has 1 aromatic rings. The van der Waals surface area contributed by atoms with Crippen molar-refractivity contribution in [1.82, 2.24) is 15.5 Å². The van der Waals surface area contributed by atoms with Crippen LogP contribution in [0.4, 0.5) is 4.39 Å². The van der Waals surface area contributed by atoms with E-state index < -0.39 is 0 Å². The second-order valence-electron chi connectivity index (χ2n) is 5.36. The topological polar surface area (TPSA) is 53.6 Å². The highest BCUT2D eigenvalue weighted by Gasteiger charge is 2.09. The number of rotatable bonds is 8. The lowest BCUT2D eigenvalue weighted by molar-refractivity contribution is -0.120. The Kier molecular flexibility index (Phi) is 7.28. The monoisotopic (exact) mass is 309 g/mol. The molecule has 0 unspecified atom stereocenters.